The fourth-order valence-corrected chi connectivity index (χ4v) is 4.37. The van der Waals surface area contributed by atoms with Gasteiger partial charge in [-0.25, -0.2) is 0 Å². The van der Waals surface area contributed by atoms with E-state index in [4.69, 9.17) is 9.47 Å². The van der Waals surface area contributed by atoms with Crippen LogP contribution >= 0.6 is 11.8 Å². The number of aryl methyl sites for hydroxylation is 2. The van der Waals surface area contributed by atoms with Crippen molar-refractivity contribution in [2.45, 2.75) is 20.3 Å². The lowest BCUT2D eigenvalue weighted by Gasteiger charge is -2.14. The van der Waals surface area contributed by atoms with Gasteiger partial charge < -0.3 is 14.8 Å². The lowest BCUT2D eigenvalue weighted by atomic mass is 10.0. The quantitative estimate of drug-likeness (QED) is 0.447. The molecule has 172 valence electrons. The Morgan fingerprint density at radius 1 is 1.15 bits per heavy atom. The van der Waals surface area contributed by atoms with Crippen molar-refractivity contribution in [1.29, 1.82) is 0 Å². The van der Waals surface area contributed by atoms with E-state index in [1.165, 1.54) is 7.11 Å². The summed E-state index contributed by atoms with van der Waals surface area (Å²) in [7, 11) is 3.08. The number of nitrogens with zero attached hydrogens (tertiary/aromatic N) is 1. The molecule has 3 rings (SSSR count). The molecule has 1 fully saturated rings. The summed E-state index contributed by atoms with van der Waals surface area (Å²) in [5, 5.41) is 2.27. The summed E-state index contributed by atoms with van der Waals surface area (Å²) in [6, 6.07) is 9.21. The fourth-order valence-electron chi connectivity index (χ4n) is 3.53. The Kier molecular flexibility index (Phi) is 7.60. The minimum Gasteiger partial charge on any atom is -0.493 e. The Balaban J connectivity index is 1.80. The summed E-state index contributed by atoms with van der Waals surface area (Å²) in [4.78, 5) is 39.0. The summed E-state index contributed by atoms with van der Waals surface area (Å²) in [6.45, 7) is 7.25. The molecule has 8 heteroatoms. The highest BCUT2D eigenvalue weighted by molar-refractivity contribution is 8.18. The van der Waals surface area contributed by atoms with Crippen molar-refractivity contribution in [3.8, 4) is 11.5 Å². The molecule has 0 spiro atoms. The molecule has 0 atom stereocenters. The molecule has 33 heavy (non-hydrogen) atoms. The monoisotopic (exact) mass is 466 g/mol. The highest BCUT2D eigenvalue weighted by Crippen LogP contribution is 2.37. The first-order valence-corrected chi connectivity index (χ1v) is 11.1. The third kappa shape index (κ3) is 5.46. The van der Waals surface area contributed by atoms with E-state index in [0.717, 1.165) is 33.4 Å². The first kappa shape index (κ1) is 24.1. The molecule has 1 N–H and O–H groups in total. The molecule has 3 amide bonds. The van der Waals surface area contributed by atoms with Crippen LogP contribution in [0, 0.1) is 13.8 Å². The van der Waals surface area contributed by atoms with Gasteiger partial charge in [0.05, 0.1) is 19.1 Å². The number of imide groups is 1. The summed E-state index contributed by atoms with van der Waals surface area (Å²) >= 11 is 0.799. The maximum atomic E-state index is 12.9. The fraction of sp³-hybridized carbons (Fsp3) is 0.240. The van der Waals surface area contributed by atoms with Crippen molar-refractivity contribution >= 4 is 40.6 Å². The van der Waals surface area contributed by atoms with Crippen molar-refractivity contribution < 1.29 is 23.9 Å². The molecule has 1 aliphatic heterocycles. The normalized spacial score (nSPS) is 14.5. The smallest absolute Gasteiger partial charge is 0.294 e. The SMILES string of the molecule is C=CCc1cc(/C=C2\SC(=O)N(CC(=O)Nc3ccc(C)cc3C)C2=O)cc(OC)c1OC. The van der Waals surface area contributed by atoms with E-state index in [9.17, 15) is 14.4 Å². The Labute approximate surface area is 197 Å². The van der Waals surface area contributed by atoms with Crippen molar-refractivity contribution in [2.24, 2.45) is 0 Å². The van der Waals surface area contributed by atoms with Crippen LogP contribution in [0.5, 0.6) is 11.5 Å². The number of amides is 3. The molecular formula is C25H26N2O5S. The summed E-state index contributed by atoms with van der Waals surface area (Å²) in [6.07, 6.45) is 3.89. The molecule has 0 aliphatic carbocycles. The molecule has 2 aromatic rings. The van der Waals surface area contributed by atoms with Crippen LogP contribution in [-0.2, 0) is 16.0 Å². The van der Waals surface area contributed by atoms with Gasteiger partial charge in [-0.2, -0.15) is 0 Å². The van der Waals surface area contributed by atoms with E-state index < -0.39 is 17.1 Å². The molecule has 0 aromatic heterocycles. The van der Waals surface area contributed by atoms with Crippen molar-refractivity contribution in [1.82, 2.24) is 4.90 Å². The Morgan fingerprint density at radius 2 is 1.91 bits per heavy atom. The topological polar surface area (TPSA) is 84.9 Å². The number of benzene rings is 2. The van der Waals surface area contributed by atoms with Gasteiger partial charge in [0.25, 0.3) is 11.1 Å². The van der Waals surface area contributed by atoms with Crippen LogP contribution in [0.3, 0.4) is 0 Å². The number of methoxy groups -OCH3 is 2. The number of carbonyl (C=O) groups is 3. The van der Waals surface area contributed by atoms with E-state index in [0.29, 0.717) is 29.2 Å². The van der Waals surface area contributed by atoms with E-state index in [-0.39, 0.29) is 11.4 Å². The molecule has 2 aromatic carbocycles. The maximum absolute atomic E-state index is 12.9. The number of carbonyl (C=O) groups excluding carboxylic acids is 3. The summed E-state index contributed by atoms with van der Waals surface area (Å²) in [5.74, 6) is 0.145. The van der Waals surface area contributed by atoms with Gasteiger partial charge in [0.1, 0.15) is 6.54 Å². The molecule has 0 saturated carbocycles. The zero-order valence-corrected chi connectivity index (χ0v) is 19.9. The largest absolute Gasteiger partial charge is 0.493 e. The zero-order chi connectivity index (χ0) is 24.1. The lowest BCUT2D eigenvalue weighted by molar-refractivity contribution is -0.127. The van der Waals surface area contributed by atoms with Crippen molar-refractivity contribution in [3.63, 3.8) is 0 Å². The second-order valence-corrected chi connectivity index (χ2v) is 8.54. The van der Waals surface area contributed by atoms with Gasteiger partial charge in [0, 0.05) is 11.3 Å². The van der Waals surface area contributed by atoms with Gasteiger partial charge in [-0.05, 0) is 67.4 Å². The Bertz CT molecular complexity index is 1160. The molecule has 7 nitrogen and oxygen atoms in total. The van der Waals surface area contributed by atoms with E-state index in [1.807, 2.05) is 32.0 Å². The van der Waals surface area contributed by atoms with Crippen molar-refractivity contribution in [2.75, 3.05) is 26.1 Å². The summed E-state index contributed by atoms with van der Waals surface area (Å²) < 4.78 is 10.8. The maximum Gasteiger partial charge on any atom is 0.294 e. The van der Waals surface area contributed by atoms with Crippen LogP contribution in [0.1, 0.15) is 22.3 Å². The van der Waals surface area contributed by atoms with Crippen molar-refractivity contribution in [3.05, 3.63) is 70.1 Å². The average molecular weight is 467 g/mol. The molecule has 0 bridgehead atoms. The number of hydrogen-bond acceptors (Lipinski definition) is 6. The van der Waals surface area contributed by atoms with Crippen LogP contribution in [0.4, 0.5) is 10.5 Å². The first-order valence-electron chi connectivity index (χ1n) is 10.3. The Morgan fingerprint density at radius 3 is 2.55 bits per heavy atom. The van der Waals surface area contributed by atoms with Crippen LogP contribution in [0.15, 0.2) is 47.9 Å². The van der Waals surface area contributed by atoms with E-state index in [1.54, 1.807) is 31.4 Å². The standard InChI is InChI=1S/C25H26N2O5S/c1-6-7-18-11-17(12-20(31-4)23(18)32-5)13-21-24(29)27(25(30)33-21)14-22(28)26-19-9-8-15(2)10-16(19)3/h6,8-13H,1,7,14H2,2-5H3,(H,26,28)/b21-13-. The molecule has 1 aliphatic rings. The van der Waals surface area contributed by atoms with Gasteiger partial charge in [-0.3, -0.25) is 19.3 Å². The molecule has 0 unspecified atom stereocenters. The minimum atomic E-state index is -0.513. The van der Waals surface area contributed by atoms with Crippen LogP contribution in [-0.4, -0.2) is 42.7 Å². The number of thioether (sulfide) groups is 1. The predicted molar refractivity (Wildman–Crippen MR) is 131 cm³/mol. The number of allylic oxidation sites excluding steroid dienone is 1. The molecule has 0 radical (unpaired) electrons. The average Bonchev–Trinajstić information content (AvgIpc) is 3.02. The zero-order valence-electron chi connectivity index (χ0n) is 19.1. The number of ether oxygens (including phenoxy) is 2. The predicted octanol–water partition coefficient (Wildman–Crippen LogP) is 4.72. The van der Waals surface area contributed by atoms with Gasteiger partial charge in [-0.15, -0.1) is 6.58 Å². The highest BCUT2D eigenvalue weighted by Gasteiger charge is 2.36. The van der Waals surface area contributed by atoms with Gasteiger partial charge in [-0.1, -0.05) is 23.8 Å². The lowest BCUT2D eigenvalue weighted by Crippen LogP contribution is -2.36. The Hall–Kier alpha value is -3.52. The third-order valence-electron chi connectivity index (χ3n) is 5.07. The number of rotatable bonds is 8. The molecular weight excluding hydrogens is 440 g/mol. The number of hydrogen-bond donors (Lipinski definition) is 1. The van der Waals surface area contributed by atoms with E-state index >= 15 is 0 Å². The van der Waals surface area contributed by atoms with Crippen LogP contribution in [0.25, 0.3) is 6.08 Å². The van der Waals surface area contributed by atoms with Crippen LogP contribution in [0.2, 0.25) is 0 Å². The summed E-state index contributed by atoms with van der Waals surface area (Å²) in [5.41, 5.74) is 4.14. The second kappa shape index (κ2) is 10.4. The second-order valence-electron chi connectivity index (χ2n) is 7.54. The highest BCUT2D eigenvalue weighted by atomic mass is 32.2. The van der Waals surface area contributed by atoms with Gasteiger partial charge >= 0.3 is 0 Å². The van der Waals surface area contributed by atoms with E-state index in [2.05, 4.69) is 11.9 Å². The van der Waals surface area contributed by atoms with Gasteiger partial charge in [0.15, 0.2) is 11.5 Å². The minimum absolute atomic E-state index is 0.232. The molecule has 1 saturated heterocycles. The number of nitrogens with one attached hydrogen (secondary N) is 1. The molecule has 1 heterocycles. The van der Waals surface area contributed by atoms with Gasteiger partial charge in [0.2, 0.25) is 5.91 Å². The number of anilines is 1. The third-order valence-corrected chi connectivity index (χ3v) is 5.98. The first-order chi connectivity index (χ1) is 15.8. The van der Waals surface area contributed by atoms with Crippen LogP contribution < -0.4 is 14.8 Å².